The molecular weight excluding hydrogens is 212 g/mol. The van der Waals surface area contributed by atoms with Crippen molar-refractivity contribution >= 4 is 29.1 Å². The summed E-state index contributed by atoms with van der Waals surface area (Å²) in [4.78, 5) is 9.00. The molecule has 0 saturated heterocycles. The molecule has 0 aliphatic carbocycles. The second-order valence-corrected chi connectivity index (χ2v) is 2.87. The predicted octanol–water partition coefficient (Wildman–Crippen LogP) is 3.35. The first-order valence-corrected chi connectivity index (χ1v) is 4.33. The molecule has 0 unspecified atom stereocenters. The van der Waals surface area contributed by atoms with Gasteiger partial charge in [-0.05, 0) is 10.8 Å². The first-order valence-electron chi connectivity index (χ1n) is 4.33. The summed E-state index contributed by atoms with van der Waals surface area (Å²) in [5, 5.41) is 10.0. The van der Waals surface area contributed by atoms with Gasteiger partial charge in [0.1, 0.15) is 0 Å². The van der Waals surface area contributed by atoms with E-state index in [1.54, 1.807) is 0 Å². The van der Waals surface area contributed by atoms with Crippen LogP contribution in [0.15, 0.2) is 48.5 Å². The third-order valence-corrected chi connectivity index (χ3v) is 1.66. The Morgan fingerprint density at radius 3 is 1.33 bits per heavy atom. The Hall–Kier alpha value is -1.54. The van der Waals surface area contributed by atoms with E-state index in [9.17, 15) is 0 Å². The van der Waals surface area contributed by atoms with Crippen molar-refractivity contribution in [2.75, 3.05) is 0 Å². The lowest BCUT2D eigenvalue weighted by Gasteiger charge is -1.92. The maximum absolute atomic E-state index is 9.00. The molecule has 0 aromatic heterocycles. The summed E-state index contributed by atoms with van der Waals surface area (Å²) in [5.41, 5.74) is 0. The Bertz CT molecular complexity index is 357. The SMILES string of the molecule is CC(=O)O.Cl.c1ccc2ccccc2c1. The molecule has 3 heteroatoms. The second kappa shape index (κ2) is 6.85. The zero-order valence-corrected chi connectivity index (χ0v) is 9.20. The van der Waals surface area contributed by atoms with Gasteiger partial charge in [-0.15, -0.1) is 12.4 Å². The van der Waals surface area contributed by atoms with Crippen LogP contribution in [-0.4, -0.2) is 11.1 Å². The Balaban J connectivity index is 0.000000346. The van der Waals surface area contributed by atoms with Crippen molar-refractivity contribution in [3.8, 4) is 0 Å². The summed E-state index contributed by atoms with van der Waals surface area (Å²) in [6.45, 7) is 1.08. The number of fused-ring (bicyclic) bond motifs is 1. The van der Waals surface area contributed by atoms with Gasteiger partial charge in [-0.25, -0.2) is 0 Å². The monoisotopic (exact) mass is 224 g/mol. The van der Waals surface area contributed by atoms with Crippen LogP contribution in [0.5, 0.6) is 0 Å². The summed E-state index contributed by atoms with van der Waals surface area (Å²) < 4.78 is 0. The first-order chi connectivity index (χ1) is 6.70. The second-order valence-electron chi connectivity index (χ2n) is 2.87. The van der Waals surface area contributed by atoms with Gasteiger partial charge in [0.05, 0.1) is 0 Å². The molecule has 0 saturated carbocycles. The van der Waals surface area contributed by atoms with Crippen LogP contribution in [0.25, 0.3) is 10.8 Å². The maximum Gasteiger partial charge on any atom is 0.300 e. The fourth-order valence-electron chi connectivity index (χ4n) is 1.13. The van der Waals surface area contributed by atoms with Crippen LogP contribution in [0.4, 0.5) is 0 Å². The van der Waals surface area contributed by atoms with Crippen molar-refractivity contribution in [2.45, 2.75) is 6.92 Å². The summed E-state index contributed by atoms with van der Waals surface area (Å²) in [6, 6.07) is 16.7. The molecule has 80 valence electrons. The molecule has 0 amide bonds. The third kappa shape index (κ3) is 5.03. The van der Waals surface area contributed by atoms with Crippen molar-refractivity contribution in [2.24, 2.45) is 0 Å². The average molecular weight is 225 g/mol. The van der Waals surface area contributed by atoms with Gasteiger partial charge in [0, 0.05) is 6.92 Å². The highest BCUT2D eigenvalue weighted by Crippen LogP contribution is 2.11. The van der Waals surface area contributed by atoms with Crippen molar-refractivity contribution < 1.29 is 9.90 Å². The van der Waals surface area contributed by atoms with Crippen molar-refractivity contribution in [1.82, 2.24) is 0 Å². The molecule has 0 bridgehead atoms. The quantitative estimate of drug-likeness (QED) is 0.745. The third-order valence-electron chi connectivity index (χ3n) is 1.66. The molecule has 0 fully saturated rings. The maximum atomic E-state index is 9.00. The summed E-state index contributed by atoms with van der Waals surface area (Å²) in [5.74, 6) is -0.833. The van der Waals surface area contributed by atoms with E-state index in [2.05, 4.69) is 48.5 Å². The molecular formula is C12H13ClO2. The van der Waals surface area contributed by atoms with Gasteiger partial charge in [-0.3, -0.25) is 4.79 Å². The number of rotatable bonds is 0. The molecule has 2 aromatic carbocycles. The highest BCUT2D eigenvalue weighted by molar-refractivity contribution is 5.85. The van der Waals surface area contributed by atoms with E-state index in [0.717, 1.165) is 6.92 Å². The molecule has 2 aromatic rings. The molecule has 0 atom stereocenters. The molecule has 0 radical (unpaired) electrons. The lowest BCUT2D eigenvalue weighted by Crippen LogP contribution is -1.78. The molecule has 15 heavy (non-hydrogen) atoms. The van der Waals surface area contributed by atoms with Crippen LogP contribution in [-0.2, 0) is 4.79 Å². The Labute approximate surface area is 95.0 Å². The minimum atomic E-state index is -0.833. The number of halogens is 1. The fraction of sp³-hybridized carbons (Fsp3) is 0.0833. The minimum absolute atomic E-state index is 0. The van der Waals surface area contributed by atoms with E-state index in [1.807, 2.05) is 0 Å². The summed E-state index contributed by atoms with van der Waals surface area (Å²) in [6.07, 6.45) is 0. The van der Waals surface area contributed by atoms with Gasteiger partial charge in [-0.2, -0.15) is 0 Å². The fourth-order valence-corrected chi connectivity index (χ4v) is 1.13. The Kier molecular flexibility index (Phi) is 6.14. The molecule has 2 rings (SSSR count). The largest absolute Gasteiger partial charge is 0.481 e. The van der Waals surface area contributed by atoms with Gasteiger partial charge in [0.25, 0.3) is 5.97 Å². The number of carboxylic acid groups (broad SMARTS) is 1. The average Bonchev–Trinajstić information content (AvgIpc) is 2.17. The van der Waals surface area contributed by atoms with Crippen LogP contribution in [0.2, 0.25) is 0 Å². The topological polar surface area (TPSA) is 37.3 Å². The van der Waals surface area contributed by atoms with Crippen LogP contribution in [0.3, 0.4) is 0 Å². The highest BCUT2D eigenvalue weighted by Gasteiger charge is 1.85. The number of carboxylic acids is 1. The number of hydrogen-bond acceptors (Lipinski definition) is 1. The van der Waals surface area contributed by atoms with Gasteiger partial charge >= 0.3 is 0 Å². The van der Waals surface area contributed by atoms with Gasteiger partial charge in [0.15, 0.2) is 0 Å². The number of aliphatic carboxylic acids is 1. The van der Waals surface area contributed by atoms with Gasteiger partial charge in [-0.1, -0.05) is 48.5 Å². The lowest BCUT2D eigenvalue weighted by atomic mass is 10.1. The van der Waals surface area contributed by atoms with Crippen molar-refractivity contribution in [3.05, 3.63) is 48.5 Å². The van der Waals surface area contributed by atoms with E-state index in [1.165, 1.54) is 10.8 Å². The smallest absolute Gasteiger partial charge is 0.300 e. The molecule has 0 heterocycles. The van der Waals surface area contributed by atoms with E-state index < -0.39 is 5.97 Å². The minimum Gasteiger partial charge on any atom is -0.481 e. The highest BCUT2D eigenvalue weighted by atomic mass is 35.5. The van der Waals surface area contributed by atoms with Crippen molar-refractivity contribution in [1.29, 1.82) is 0 Å². The number of benzene rings is 2. The molecule has 1 N–H and O–H groups in total. The van der Waals surface area contributed by atoms with Crippen LogP contribution in [0, 0.1) is 0 Å². The number of carbonyl (C=O) groups is 1. The Morgan fingerprint density at radius 1 is 0.933 bits per heavy atom. The van der Waals surface area contributed by atoms with E-state index in [0.29, 0.717) is 0 Å². The van der Waals surface area contributed by atoms with Crippen LogP contribution in [0.1, 0.15) is 6.92 Å². The molecule has 0 aliphatic rings. The lowest BCUT2D eigenvalue weighted by molar-refractivity contribution is -0.134. The zero-order valence-electron chi connectivity index (χ0n) is 8.38. The molecule has 0 spiro atoms. The van der Waals surface area contributed by atoms with Crippen molar-refractivity contribution in [3.63, 3.8) is 0 Å². The van der Waals surface area contributed by atoms with E-state index in [4.69, 9.17) is 9.90 Å². The number of hydrogen-bond donors (Lipinski definition) is 1. The normalized spacial score (nSPS) is 8.33. The van der Waals surface area contributed by atoms with Gasteiger partial charge in [0.2, 0.25) is 0 Å². The standard InChI is InChI=1S/C10H8.C2H4O2.ClH/c1-2-6-10-8-4-3-7-9(10)5-1;1-2(3)4;/h1-8H;1H3,(H,3,4);1H. The first kappa shape index (κ1) is 13.5. The summed E-state index contributed by atoms with van der Waals surface area (Å²) in [7, 11) is 0. The molecule has 2 nitrogen and oxygen atoms in total. The summed E-state index contributed by atoms with van der Waals surface area (Å²) >= 11 is 0. The zero-order chi connectivity index (χ0) is 10.4. The Morgan fingerprint density at radius 2 is 1.13 bits per heavy atom. The van der Waals surface area contributed by atoms with Crippen LogP contribution >= 0.6 is 12.4 Å². The van der Waals surface area contributed by atoms with E-state index >= 15 is 0 Å². The predicted molar refractivity (Wildman–Crippen MR) is 64.5 cm³/mol. The molecule has 0 aliphatic heterocycles. The van der Waals surface area contributed by atoms with Crippen LogP contribution < -0.4 is 0 Å². The van der Waals surface area contributed by atoms with E-state index in [-0.39, 0.29) is 12.4 Å². The van der Waals surface area contributed by atoms with Gasteiger partial charge < -0.3 is 5.11 Å².